The van der Waals surface area contributed by atoms with Gasteiger partial charge in [-0.3, -0.25) is 9.59 Å². The van der Waals surface area contributed by atoms with Crippen molar-refractivity contribution < 1.29 is 19.4 Å². The Morgan fingerprint density at radius 1 is 0.895 bits per heavy atom. The Hall–Kier alpha value is -0.940. The van der Waals surface area contributed by atoms with Crippen molar-refractivity contribution in [3.05, 3.63) is 0 Å². The molecule has 4 aliphatic carbocycles. The lowest BCUT2D eigenvalue weighted by Gasteiger charge is -2.62. The lowest BCUT2D eigenvalue weighted by Crippen LogP contribution is -2.60. The number of carbonyl (C=O) groups excluding carboxylic acids is 2. The topological polar surface area (TPSA) is 89.6 Å². The monoisotopic (exact) mass is 531 g/mol. The molecule has 3 N–H and O–H groups in total. The third kappa shape index (κ3) is 6.85. The van der Waals surface area contributed by atoms with Crippen LogP contribution in [0.3, 0.4) is 0 Å². The van der Waals surface area contributed by atoms with Gasteiger partial charge in [-0.25, -0.2) is 0 Å². The molecular weight excluding hydrogens is 474 g/mol. The van der Waals surface area contributed by atoms with Crippen LogP contribution < -0.4 is 5.73 Å². The van der Waals surface area contributed by atoms with E-state index in [-0.39, 0.29) is 28.9 Å². The quantitative estimate of drug-likeness (QED) is 0.220. The minimum Gasteiger partial charge on any atom is -0.393 e. The molecule has 218 valence electrons. The van der Waals surface area contributed by atoms with Crippen LogP contribution in [-0.4, -0.2) is 35.6 Å². The molecule has 4 rings (SSSR count). The number of amides is 1. The molecule has 0 unspecified atom stereocenters. The van der Waals surface area contributed by atoms with Gasteiger partial charge in [0.1, 0.15) is 5.78 Å². The number of rotatable bonds is 15. The summed E-state index contributed by atoms with van der Waals surface area (Å²) >= 11 is 0. The fourth-order valence-corrected chi connectivity index (χ4v) is 9.49. The number of fused-ring (bicyclic) bond motifs is 5. The zero-order chi connectivity index (χ0) is 27.2. The van der Waals surface area contributed by atoms with E-state index in [0.29, 0.717) is 35.9 Å². The number of hydrogen-bond acceptors (Lipinski definition) is 4. The fourth-order valence-electron chi connectivity index (χ4n) is 9.49. The van der Waals surface area contributed by atoms with E-state index in [9.17, 15) is 14.7 Å². The highest BCUT2D eigenvalue weighted by molar-refractivity contribution is 5.79. The second kappa shape index (κ2) is 13.6. The van der Waals surface area contributed by atoms with Crippen molar-refractivity contribution in [2.45, 2.75) is 154 Å². The number of hydrogen-bond donors (Lipinski definition) is 2. The lowest BCUT2D eigenvalue weighted by molar-refractivity contribution is -0.192. The largest absolute Gasteiger partial charge is 0.393 e. The molecule has 0 heterocycles. The van der Waals surface area contributed by atoms with Crippen molar-refractivity contribution >= 4 is 11.7 Å². The molecule has 0 radical (unpaired) electrons. The fraction of sp³-hybridized carbons (Fsp3) is 0.939. The van der Waals surface area contributed by atoms with E-state index >= 15 is 0 Å². The maximum Gasteiger partial charge on any atom is 0.217 e. The van der Waals surface area contributed by atoms with Gasteiger partial charge >= 0.3 is 0 Å². The van der Waals surface area contributed by atoms with Crippen LogP contribution in [0.15, 0.2) is 0 Å². The minimum absolute atomic E-state index is 0.00135. The normalized spacial score (nSPS) is 38.4. The summed E-state index contributed by atoms with van der Waals surface area (Å²) in [7, 11) is 0. The van der Waals surface area contributed by atoms with Gasteiger partial charge in [-0.15, -0.1) is 0 Å². The van der Waals surface area contributed by atoms with Gasteiger partial charge in [0.05, 0.1) is 12.2 Å². The number of aliphatic hydroxyl groups excluding tert-OH is 1. The average Bonchev–Trinajstić information content (AvgIpc) is 3.18. The van der Waals surface area contributed by atoms with Crippen molar-refractivity contribution in [3.8, 4) is 0 Å². The van der Waals surface area contributed by atoms with Crippen molar-refractivity contribution in [2.24, 2.45) is 40.2 Å². The predicted molar refractivity (Wildman–Crippen MR) is 152 cm³/mol. The smallest absolute Gasteiger partial charge is 0.217 e. The van der Waals surface area contributed by atoms with E-state index in [2.05, 4.69) is 13.8 Å². The molecule has 0 spiro atoms. The molecule has 0 saturated heterocycles. The molecule has 4 aliphatic rings. The molecule has 38 heavy (non-hydrogen) atoms. The number of unbranched alkanes of at least 4 members (excludes halogenated alkanes) is 10. The summed E-state index contributed by atoms with van der Waals surface area (Å²) in [5.74, 6) is 2.64. The van der Waals surface area contributed by atoms with E-state index in [1.807, 2.05) is 0 Å². The van der Waals surface area contributed by atoms with Crippen molar-refractivity contribution in [3.63, 3.8) is 0 Å². The summed E-state index contributed by atoms with van der Waals surface area (Å²) in [6.45, 7) is 5.68. The number of ketones is 1. The number of nitrogens with two attached hydrogens (primary N) is 1. The molecule has 0 bridgehead atoms. The second-order valence-electron chi connectivity index (χ2n) is 14.1. The summed E-state index contributed by atoms with van der Waals surface area (Å²) in [6, 6.07) is 0. The molecule has 0 aromatic heterocycles. The number of aliphatic hydroxyl groups is 1. The molecular formula is C33H57NO4. The Bertz CT molecular complexity index is 785. The maximum absolute atomic E-state index is 12.3. The van der Waals surface area contributed by atoms with Gasteiger partial charge in [0.25, 0.3) is 0 Å². The van der Waals surface area contributed by atoms with Crippen LogP contribution in [0.4, 0.5) is 0 Å². The van der Waals surface area contributed by atoms with E-state index in [1.54, 1.807) is 0 Å². The molecule has 8 atom stereocenters. The second-order valence-corrected chi connectivity index (χ2v) is 14.1. The zero-order valence-corrected chi connectivity index (χ0v) is 24.6. The third-order valence-electron chi connectivity index (χ3n) is 11.7. The SMILES string of the molecule is C[C@]12CCC(=O)C[C@@H]1CC[C@@H]1[C@@H]2[C@@H](OCCCCCCCCCCCCCC(N)=O)C[C@]2(C)[C@@H](O)CC[C@@H]12. The average molecular weight is 532 g/mol. The standard InChI is InChI=1S/C33H57NO4/c1-32-20-19-25(35)22-24(32)15-16-26-27-17-18-29(36)33(27,2)23-28(31(26)32)38-21-13-11-9-7-5-3-4-6-8-10-12-14-30(34)37/h24,26-29,31,36H,3-23H2,1-2H3,(H2,34,37)/t24-,26-,27-,28-,29-,31+,32-,33-/m0/s1. The van der Waals surface area contributed by atoms with E-state index in [4.69, 9.17) is 10.5 Å². The highest BCUT2D eigenvalue weighted by Gasteiger charge is 2.63. The summed E-state index contributed by atoms with van der Waals surface area (Å²) in [4.78, 5) is 23.1. The number of primary amides is 1. The highest BCUT2D eigenvalue weighted by atomic mass is 16.5. The molecule has 0 aromatic rings. The van der Waals surface area contributed by atoms with Crippen LogP contribution in [0.5, 0.6) is 0 Å². The predicted octanol–water partition coefficient (Wildman–Crippen LogP) is 7.12. The Morgan fingerprint density at radius 3 is 2.18 bits per heavy atom. The number of ether oxygens (including phenoxy) is 1. The minimum atomic E-state index is -0.187. The van der Waals surface area contributed by atoms with Gasteiger partial charge in [0.15, 0.2) is 0 Å². The van der Waals surface area contributed by atoms with Crippen molar-refractivity contribution in [2.75, 3.05) is 6.61 Å². The lowest BCUT2D eigenvalue weighted by atomic mass is 9.44. The van der Waals surface area contributed by atoms with Gasteiger partial charge < -0.3 is 15.6 Å². The van der Waals surface area contributed by atoms with Crippen molar-refractivity contribution in [1.82, 2.24) is 0 Å². The summed E-state index contributed by atoms with van der Waals surface area (Å²) < 4.78 is 6.80. The summed E-state index contributed by atoms with van der Waals surface area (Å²) in [6.07, 6.45) is 22.2. The van der Waals surface area contributed by atoms with Crippen LogP contribution in [0.2, 0.25) is 0 Å². The Labute approximate surface area is 232 Å². The summed E-state index contributed by atoms with van der Waals surface area (Å²) in [5, 5.41) is 11.0. The van der Waals surface area contributed by atoms with Gasteiger partial charge in [-0.05, 0) is 85.9 Å². The third-order valence-corrected chi connectivity index (χ3v) is 11.7. The molecule has 1 amide bonds. The van der Waals surface area contributed by atoms with Crippen molar-refractivity contribution in [1.29, 1.82) is 0 Å². The maximum atomic E-state index is 12.3. The van der Waals surface area contributed by atoms with Gasteiger partial charge in [-0.2, -0.15) is 0 Å². The van der Waals surface area contributed by atoms with Crippen LogP contribution in [0.25, 0.3) is 0 Å². The summed E-state index contributed by atoms with van der Waals surface area (Å²) in [5.41, 5.74) is 5.41. The van der Waals surface area contributed by atoms with Crippen LogP contribution in [-0.2, 0) is 14.3 Å². The molecule has 0 aromatic carbocycles. The van der Waals surface area contributed by atoms with Gasteiger partial charge in [0, 0.05) is 25.9 Å². The molecule has 5 nitrogen and oxygen atoms in total. The first-order valence-electron chi connectivity index (χ1n) is 16.4. The Morgan fingerprint density at radius 2 is 1.53 bits per heavy atom. The van der Waals surface area contributed by atoms with Gasteiger partial charge in [-0.1, -0.05) is 71.6 Å². The van der Waals surface area contributed by atoms with Gasteiger partial charge in [0.2, 0.25) is 5.91 Å². The highest BCUT2D eigenvalue weighted by Crippen LogP contribution is 2.66. The molecule has 4 fully saturated rings. The van der Waals surface area contributed by atoms with Crippen LogP contribution in [0.1, 0.15) is 142 Å². The number of carbonyl (C=O) groups is 2. The van der Waals surface area contributed by atoms with E-state index in [1.165, 1.54) is 70.6 Å². The molecule has 5 heteroatoms. The van der Waals surface area contributed by atoms with E-state index in [0.717, 1.165) is 58.0 Å². The number of Topliss-reactive ketones (excluding diaryl/α,β-unsaturated/α-hetero) is 1. The first kappa shape index (κ1) is 30.0. The van der Waals surface area contributed by atoms with E-state index < -0.39 is 0 Å². The van der Waals surface area contributed by atoms with Crippen LogP contribution >= 0.6 is 0 Å². The first-order valence-corrected chi connectivity index (χ1v) is 16.4. The first-order chi connectivity index (χ1) is 18.3. The van der Waals surface area contributed by atoms with Crippen LogP contribution in [0, 0.1) is 34.5 Å². The Balaban J connectivity index is 1.18. The molecule has 4 saturated carbocycles. The zero-order valence-electron chi connectivity index (χ0n) is 24.6. The molecule has 0 aliphatic heterocycles. The Kier molecular flexibility index (Phi) is 10.8.